The molecular weight excluding hydrogens is 402 g/mol. The lowest BCUT2D eigenvalue weighted by Gasteiger charge is -2.22. The van der Waals surface area contributed by atoms with Crippen molar-refractivity contribution in [1.29, 1.82) is 0 Å². The summed E-state index contributed by atoms with van der Waals surface area (Å²) in [7, 11) is 0. The Bertz CT molecular complexity index is 883. The van der Waals surface area contributed by atoms with Gasteiger partial charge in [0.05, 0.1) is 18.6 Å². The largest absolute Gasteiger partial charge is 0.480 e. The third-order valence-electron chi connectivity index (χ3n) is 4.39. The molecule has 5 N–H and O–H groups in total. The number of carboxylic acids is 1. The van der Waals surface area contributed by atoms with Crippen LogP contribution in [0.3, 0.4) is 0 Å². The number of hydrogen-bond acceptors (Lipinski definition) is 5. The van der Waals surface area contributed by atoms with Gasteiger partial charge in [0.2, 0.25) is 11.8 Å². The second kappa shape index (κ2) is 11.5. The van der Waals surface area contributed by atoms with E-state index in [2.05, 4.69) is 25.9 Å². The lowest BCUT2D eigenvalue weighted by molar-refractivity contribution is -0.142. The number of carbonyl (C=O) groups excluding carboxylic acids is 3. The van der Waals surface area contributed by atoms with E-state index in [4.69, 9.17) is 0 Å². The molecule has 0 aliphatic heterocycles. The number of carboxylic acid groups (broad SMARTS) is 1. The molecule has 1 aromatic heterocycles. The van der Waals surface area contributed by atoms with Crippen molar-refractivity contribution in [3.8, 4) is 0 Å². The molecule has 0 saturated carbocycles. The standard InChI is InChI=1S/C21H27N5O5/c1-13(2)8-17(21(30)31)26-20(29)16(9-15-10-22-12-24-15)25-18(27)11-23-19(28)14-6-4-3-5-7-14/h3-7,10,12-13,16-17H,8-9,11H2,1-2H3,(H,22,24)(H,23,28)(H,25,27)(H,26,29)(H,30,31). The van der Waals surface area contributed by atoms with Gasteiger partial charge in [0.15, 0.2) is 0 Å². The number of aliphatic carboxylic acids is 1. The molecule has 2 rings (SSSR count). The molecule has 2 unspecified atom stereocenters. The van der Waals surface area contributed by atoms with Crippen LogP contribution in [0.1, 0.15) is 36.3 Å². The predicted molar refractivity (Wildman–Crippen MR) is 112 cm³/mol. The minimum atomic E-state index is -1.15. The topological polar surface area (TPSA) is 153 Å². The van der Waals surface area contributed by atoms with Gasteiger partial charge in [0.25, 0.3) is 5.91 Å². The molecule has 31 heavy (non-hydrogen) atoms. The maximum atomic E-state index is 12.7. The monoisotopic (exact) mass is 429 g/mol. The van der Waals surface area contributed by atoms with Crippen molar-refractivity contribution in [3.63, 3.8) is 0 Å². The Hall–Kier alpha value is -3.69. The van der Waals surface area contributed by atoms with Crippen LogP contribution in [0.25, 0.3) is 0 Å². The molecule has 1 aromatic carbocycles. The van der Waals surface area contributed by atoms with E-state index in [1.54, 1.807) is 36.5 Å². The SMILES string of the molecule is CC(C)CC(NC(=O)C(Cc1c[nH]cn1)NC(=O)CNC(=O)c1ccccc1)C(=O)O. The van der Waals surface area contributed by atoms with Crippen LogP contribution >= 0.6 is 0 Å². The van der Waals surface area contributed by atoms with E-state index in [9.17, 15) is 24.3 Å². The van der Waals surface area contributed by atoms with E-state index in [1.807, 2.05) is 13.8 Å². The Morgan fingerprint density at radius 1 is 1.06 bits per heavy atom. The van der Waals surface area contributed by atoms with Gasteiger partial charge < -0.3 is 26.0 Å². The smallest absolute Gasteiger partial charge is 0.326 e. The zero-order valence-corrected chi connectivity index (χ0v) is 17.4. The molecule has 1 heterocycles. The van der Waals surface area contributed by atoms with Gasteiger partial charge in [0, 0.05) is 18.2 Å². The molecule has 3 amide bonds. The van der Waals surface area contributed by atoms with Crippen molar-refractivity contribution in [2.75, 3.05) is 6.54 Å². The number of aromatic amines is 1. The highest BCUT2D eigenvalue weighted by atomic mass is 16.4. The van der Waals surface area contributed by atoms with Crippen LogP contribution in [-0.2, 0) is 20.8 Å². The molecule has 166 valence electrons. The third-order valence-corrected chi connectivity index (χ3v) is 4.39. The Morgan fingerprint density at radius 2 is 1.77 bits per heavy atom. The molecule has 0 bridgehead atoms. The second-order valence-electron chi connectivity index (χ2n) is 7.46. The first-order valence-corrected chi connectivity index (χ1v) is 9.89. The summed E-state index contributed by atoms with van der Waals surface area (Å²) in [6.07, 6.45) is 3.32. The maximum Gasteiger partial charge on any atom is 0.326 e. The molecule has 0 fully saturated rings. The fraction of sp³-hybridized carbons (Fsp3) is 0.381. The lowest BCUT2D eigenvalue weighted by atomic mass is 10.0. The molecule has 0 saturated heterocycles. The molecule has 0 aliphatic rings. The highest BCUT2D eigenvalue weighted by Gasteiger charge is 2.27. The Labute approximate surface area is 179 Å². The predicted octanol–water partition coefficient (Wildman–Crippen LogP) is 0.483. The van der Waals surface area contributed by atoms with Gasteiger partial charge in [-0.1, -0.05) is 32.0 Å². The van der Waals surface area contributed by atoms with Crippen molar-refractivity contribution in [1.82, 2.24) is 25.9 Å². The van der Waals surface area contributed by atoms with Crippen molar-refractivity contribution < 1.29 is 24.3 Å². The summed E-state index contributed by atoms with van der Waals surface area (Å²) >= 11 is 0. The van der Waals surface area contributed by atoms with E-state index >= 15 is 0 Å². The number of benzene rings is 1. The van der Waals surface area contributed by atoms with Gasteiger partial charge in [-0.2, -0.15) is 0 Å². The van der Waals surface area contributed by atoms with Crippen LogP contribution in [0.2, 0.25) is 0 Å². The van der Waals surface area contributed by atoms with Crippen molar-refractivity contribution in [3.05, 3.63) is 54.1 Å². The molecule has 10 nitrogen and oxygen atoms in total. The summed E-state index contributed by atoms with van der Waals surface area (Å²) in [6, 6.07) is 6.27. The minimum absolute atomic E-state index is 0.0500. The third kappa shape index (κ3) is 7.92. The van der Waals surface area contributed by atoms with Gasteiger partial charge in [0.1, 0.15) is 12.1 Å². The van der Waals surface area contributed by atoms with E-state index in [0.717, 1.165) is 0 Å². The zero-order valence-electron chi connectivity index (χ0n) is 17.4. The fourth-order valence-electron chi connectivity index (χ4n) is 2.88. The van der Waals surface area contributed by atoms with Crippen molar-refractivity contribution in [2.45, 2.75) is 38.8 Å². The molecule has 0 aliphatic carbocycles. The van der Waals surface area contributed by atoms with E-state index in [-0.39, 0.29) is 25.3 Å². The van der Waals surface area contributed by atoms with Crippen LogP contribution in [-0.4, -0.2) is 57.4 Å². The average molecular weight is 429 g/mol. The van der Waals surface area contributed by atoms with Crippen LogP contribution in [0.4, 0.5) is 0 Å². The van der Waals surface area contributed by atoms with E-state index in [0.29, 0.717) is 11.3 Å². The summed E-state index contributed by atoms with van der Waals surface area (Å²) in [5.41, 5.74) is 0.920. The molecular formula is C21H27N5O5. The first-order chi connectivity index (χ1) is 14.8. The van der Waals surface area contributed by atoms with Gasteiger partial charge in [-0.05, 0) is 24.5 Å². The summed E-state index contributed by atoms with van der Waals surface area (Å²) < 4.78 is 0. The van der Waals surface area contributed by atoms with E-state index < -0.39 is 35.8 Å². The van der Waals surface area contributed by atoms with Crippen LogP contribution < -0.4 is 16.0 Å². The zero-order chi connectivity index (χ0) is 22.8. The van der Waals surface area contributed by atoms with Crippen molar-refractivity contribution in [2.24, 2.45) is 5.92 Å². The fourth-order valence-corrected chi connectivity index (χ4v) is 2.88. The normalized spacial score (nSPS) is 12.6. The Morgan fingerprint density at radius 3 is 2.35 bits per heavy atom. The highest BCUT2D eigenvalue weighted by molar-refractivity contribution is 5.97. The van der Waals surface area contributed by atoms with Gasteiger partial charge in [-0.25, -0.2) is 9.78 Å². The number of nitrogens with zero attached hydrogens (tertiary/aromatic N) is 1. The Kier molecular flexibility index (Phi) is 8.74. The number of hydrogen-bond donors (Lipinski definition) is 5. The van der Waals surface area contributed by atoms with Gasteiger partial charge in [-0.3, -0.25) is 14.4 Å². The summed E-state index contributed by atoms with van der Waals surface area (Å²) in [5, 5.41) is 16.9. The second-order valence-corrected chi connectivity index (χ2v) is 7.46. The number of imidazole rings is 1. The number of aromatic nitrogens is 2. The van der Waals surface area contributed by atoms with Crippen molar-refractivity contribution >= 4 is 23.7 Å². The summed E-state index contributed by atoms with van der Waals surface area (Å²) in [5.74, 6) is -2.75. The number of amides is 3. The lowest BCUT2D eigenvalue weighted by Crippen LogP contribution is -2.54. The highest BCUT2D eigenvalue weighted by Crippen LogP contribution is 2.07. The van der Waals surface area contributed by atoms with Crippen LogP contribution in [0.5, 0.6) is 0 Å². The summed E-state index contributed by atoms with van der Waals surface area (Å²) in [4.78, 5) is 55.5. The maximum absolute atomic E-state index is 12.7. The van der Waals surface area contributed by atoms with E-state index in [1.165, 1.54) is 6.33 Å². The van der Waals surface area contributed by atoms with Gasteiger partial charge >= 0.3 is 5.97 Å². The molecule has 2 aromatic rings. The van der Waals surface area contributed by atoms with Crippen LogP contribution in [0.15, 0.2) is 42.9 Å². The molecule has 0 radical (unpaired) electrons. The van der Waals surface area contributed by atoms with Crippen LogP contribution in [0, 0.1) is 5.92 Å². The minimum Gasteiger partial charge on any atom is -0.480 e. The molecule has 10 heteroatoms. The number of carbonyl (C=O) groups is 4. The first-order valence-electron chi connectivity index (χ1n) is 9.89. The molecule has 0 spiro atoms. The molecule has 2 atom stereocenters. The van der Waals surface area contributed by atoms with Gasteiger partial charge in [-0.15, -0.1) is 0 Å². The number of nitrogens with one attached hydrogen (secondary N) is 4. The first kappa shape index (κ1) is 23.6. The number of H-pyrrole nitrogens is 1. The number of rotatable bonds is 11. The quantitative estimate of drug-likeness (QED) is 0.350. The summed E-state index contributed by atoms with van der Waals surface area (Å²) in [6.45, 7) is 3.35. The average Bonchev–Trinajstić information content (AvgIpc) is 3.24. The Balaban J connectivity index is 2.01.